The average Bonchev–Trinajstić information content (AvgIpc) is 2.09. The zero-order valence-electron chi connectivity index (χ0n) is 8.98. The molecule has 14 heavy (non-hydrogen) atoms. The Labute approximate surface area is 104 Å². The predicted molar refractivity (Wildman–Crippen MR) is 68.9 cm³/mol. The van der Waals surface area contributed by atoms with Gasteiger partial charge in [0.2, 0.25) is 0 Å². The molecule has 0 aromatic carbocycles. The average molecular weight is 323 g/mol. The molecule has 0 rings (SSSR count). The molecule has 0 aliphatic carbocycles. The maximum Gasteiger partial charge on any atom is 0.0663 e. The molecule has 80 valence electrons. The number of hydrogen-bond donors (Lipinski definition) is 0. The molecular weight excluding hydrogens is 306 g/mol. The number of alkyl halides is 2. The quantitative estimate of drug-likeness (QED) is 0.537. The van der Waals surface area contributed by atoms with Gasteiger partial charge < -0.3 is 0 Å². The molecule has 0 amide bonds. The monoisotopic (exact) mass is 321 g/mol. The van der Waals surface area contributed by atoms with Crippen LogP contribution in [0.25, 0.3) is 0 Å². The molecule has 0 heterocycles. The van der Waals surface area contributed by atoms with Crippen molar-refractivity contribution in [2.75, 3.05) is 0 Å². The molecule has 0 aromatic heterocycles. The van der Waals surface area contributed by atoms with Gasteiger partial charge in [-0.05, 0) is 33.6 Å². The van der Waals surface area contributed by atoms with E-state index in [9.17, 15) is 0 Å². The second-order valence-corrected chi connectivity index (χ2v) is 7.13. The lowest BCUT2D eigenvalue weighted by atomic mass is 10.0. The molecule has 0 bridgehead atoms. The molecule has 0 saturated carbocycles. The fourth-order valence-corrected chi connectivity index (χ4v) is 1.48. The predicted octanol–water partition coefficient (Wildman–Crippen LogP) is 4.56. The summed E-state index contributed by atoms with van der Waals surface area (Å²) in [6.07, 6.45) is 4.66. The summed E-state index contributed by atoms with van der Waals surface area (Å²) in [6, 6.07) is 2.12. The Balaban J connectivity index is 3.90. The van der Waals surface area contributed by atoms with Crippen LogP contribution >= 0.6 is 31.9 Å². The third-order valence-electron chi connectivity index (χ3n) is 2.08. The molecular formula is C11H17Br2N. The number of halogens is 2. The second kappa shape index (κ2) is 6.63. The Hall–Kier alpha value is 0.190. The number of nitrogens with zero attached hydrogens (tertiary/aromatic N) is 1. The van der Waals surface area contributed by atoms with Crippen molar-refractivity contribution in [3.8, 4) is 6.07 Å². The molecule has 1 unspecified atom stereocenters. The first kappa shape index (κ1) is 14.2. The van der Waals surface area contributed by atoms with Crippen LogP contribution in [0.3, 0.4) is 0 Å². The number of allylic oxidation sites excluding steroid dienone is 2. The van der Waals surface area contributed by atoms with E-state index < -0.39 is 0 Å². The van der Waals surface area contributed by atoms with E-state index in [2.05, 4.69) is 58.7 Å². The summed E-state index contributed by atoms with van der Waals surface area (Å²) in [7, 11) is 0. The summed E-state index contributed by atoms with van der Waals surface area (Å²) in [6.45, 7) is 6.39. The number of hydrogen-bond acceptors (Lipinski definition) is 1. The Morgan fingerprint density at radius 1 is 1.57 bits per heavy atom. The highest BCUT2D eigenvalue weighted by molar-refractivity contribution is 9.12. The van der Waals surface area contributed by atoms with Gasteiger partial charge in [0, 0.05) is 9.15 Å². The smallest absolute Gasteiger partial charge is 0.0663 e. The maximum atomic E-state index is 8.41. The van der Waals surface area contributed by atoms with Crippen LogP contribution in [0, 0.1) is 11.3 Å². The Bertz CT molecular complexity index is 233. The highest BCUT2D eigenvalue weighted by atomic mass is 79.9. The molecule has 0 aromatic rings. The number of nitriles is 1. The SMILES string of the molecule is C/C(=C\CC#N)CCC(Br)C(C)(C)Br. The van der Waals surface area contributed by atoms with E-state index in [1.165, 1.54) is 5.57 Å². The highest BCUT2D eigenvalue weighted by Crippen LogP contribution is 2.31. The van der Waals surface area contributed by atoms with Crippen molar-refractivity contribution in [1.82, 2.24) is 0 Å². The maximum absolute atomic E-state index is 8.41. The molecule has 1 nitrogen and oxygen atoms in total. The van der Waals surface area contributed by atoms with Crippen LogP contribution in [0.15, 0.2) is 11.6 Å². The van der Waals surface area contributed by atoms with Crippen molar-refractivity contribution in [2.45, 2.75) is 49.2 Å². The summed E-state index contributed by atoms with van der Waals surface area (Å²) in [5.74, 6) is 0. The molecule has 0 radical (unpaired) electrons. The first-order chi connectivity index (χ1) is 6.38. The fraction of sp³-hybridized carbons (Fsp3) is 0.727. The number of rotatable bonds is 5. The molecule has 0 spiro atoms. The fourth-order valence-electron chi connectivity index (χ4n) is 1.02. The third kappa shape index (κ3) is 6.62. The lowest BCUT2D eigenvalue weighted by Gasteiger charge is -2.23. The van der Waals surface area contributed by atoms with E-state index >= 15 is 0 Å². The molecule has 0 saturated heterocycles. The molecule has 0 fully saturated rings. The van der Waals surface area contributed by atoms with Gasteiger partial charge in [0.25, 0.3) is 0 Å². The molecule has 3 heteroatoms. The van der Waals surface area contributed by atoms with E-state index in [1.807, 2.05) is 6.08 Å². The standard InChI is InChI=1S/C11H17Br2N/c1-9(5-4-8-14)6-7-10(12)11(2,3)13/h5,10H,4,6-7H2,1-3H3/b9-5+. The molecule has 0 aliphatic heterocycles. The topological polar surface area (TPSA) is 23.8 Å². The van der Waals surface area contributed by atoms with E-state index in [-0.39, 0.29) is 4.32 Å². The van der Waals surface area contributed by atoms with Crippen LogP contribution in [0.1, 0.15) is 40.0 Å². The van der Waals surface area contributed by atoms with Crippen LogP contribution < -0.4 is 0 Å². The summed E-state index contributed by atoms with van der Waals surface area (Å²) < 4.78 is 0.127. The molecule has 0 N–H and O–H groups in total. The van der Waals surface area contributed by atoms with Gasteiger partial charge in [0.1, 0.15) is 0 Å². The van der Waals surface area contributed by atoms with Crippen LogP contribution in [0.4, 0.5) is 0 Å². The van der Waals surface area contributed by atoms with Crippen molar-refractivity contribution in [1.29, 1.82) is 5.26 Å². The third-order valence-corrected chi connectivity index (χ3v) is 4.85. The van der Waals surface area contributed by atoms with E-state index in [1.54, 1.807) is 0 Å². The summed E-state index contributed by atoms with van der Waals surface area (Å²) in [4.78, 5) is 0.459. The second-order valence-electron chi connectivity index (χ2n) is 3.98. The highest BCUT2D eigenvalue weighted by Gasteiger charge is 2.23. The van der Waals surface area contributed by atoms with Crippen molar-refractivity contribution in [3.05, 3.63) is 11.6 Å². The largest absolute Gasteiger partial charge is 0.198 e. The zero-order chi connectivity index (χ0) is 11.2. The van der Waals surface area contributed by atoms with Gasteiger partial charge in [-0.3, -0.25) is 0 Å². The van der Waals surface area contributed by atoms with Gasteiger partial charge in [-0.25, -0.2) is 0 Å². The van der Waals surface area contributed by atoms with Crippen LogP contribution in [0.2, 0.25) is 0 Å². The first-order valence-electron chi connectivity index (χ1n) is 4.73. The van der Waals surface area contributed by atoms with Crippen molar-refractivity contribution >= 4 is 31.9 Å². The Kier molecular flexibility index (Phi) is 6.72. The summed E-state index contributed by atoms with van der Waals surface area (Å²) in [5.41, 5.74) is 1.30. The minimum atomic E-state index is 0.127. The normalized spacial score (nSPS) is 15.0. The van der Waals surface area contributed by atoms with Gasteiger partial charge in [0.15, 0.2) is 0 Å². The first-order valence-corrected chi connectivity index (χ1v) is 6.44. The van der Waals surface area contributed by atoms with Crippen molar-refractivity contribution in [2.24, 2.45) is 0 Å². The van der Waals surface area contributed by atoms with Crippen molar-refractivity contribution in [3.63, 3.8) is 0 Å². The Morgan fingerprint density at radius 3 is 2.57 bits per heavy atom. The lowest BCUT2D eigenvalue weighted by molar-refractivity contribution is 0.637. The van der Waals surface area contributed by atoms with Crippen LogP contribution in [0.5, 0.6) is 0 Å². The van der Waals surface area contributed by atoms with Gasteiger partial charge in [0.05, 0.1) is 12.5 Å². The minimum Gasteiger partial charge on any atom is -0.198 e. The van der Waals surface area contributed by atoms with Gasteiger partial charge in [-0.1, -0.05) is 43.5 Å². The summed E-state index contributed by atoms with van der Waals surface area (Å²) >= 11 is 7.28. The van der Waals surface area contributed by atoms with Crippen LogP contribution in [-0.4, -0.2) is 9.15 Å². The Morgan fingerprint density at radius 2 is 2.14 bits per heavy atom. The van der Waals surface area contributed by atoms with E-state index in [4.69, 9.17) is 5.26 Å². The molecule has 1 atom stereocenters. The van der Waals surface area contributed by atoms with Gasteiger partial charge in [-0.2, -0.15) is 5.26 Å². The lowest BCUT2D eigenvalue weighted by Crippen LogP contribution is -2.23. The van der Waals surface area contributed by atoms with Gasteiger partial charge >= 0.3 is 0 Å². The van der Waals surface area contributed by atoms with Gasteiger partial charge in [-0.15, -0.1) is 0 Å². The van der Waals surface area contributed by atoms with Crippen LogP contribution in [-0.2, 0) is 0 Å². The minimum absolute atomic E-state index is 0.127. The zero-order valence-corrected chi connectivity index (χ0v) is 12.2. The van der Waals surface area contributed by atoms with E-state index in [0.29, 0.717) is 11.2 Å². The summed E-state index contributed by atoms with van der Waals surface area (Å²) in [5, 5.41) is 8.41. The van der Waals surface area contributed by atoms with Crippen molar-refractivity contribution < 1.29 is 0 Å². The molecule has 0 aliphatic rings. The van der Waals surface area contributed by atoms with E-state index in [0.717, 1.165) is 12.8 Å².